The van der Waals surface area contributed by atoms with Gasteiger partial charge >= 0.3 is 5.97 Å². The second kappa shape index (κ2) is 11.2. The normalized spacial score (nSPS) is 12.2. The van der Waals surface area contributed by atoms with Crippen LogP contribution in [0.3, 0.4) is 0 Å². The first-order valence-corrected chi connectivity index (χ1v) is 13.4. The standard InChI is InChI=1S/C29H26ClN3O3S/c30-24-6-2-5-23(15-24)26-18-37-29(32-26)33(25-12-11-20-3-1-4-22(20)16-25)17-19-7-9-21(10-8-19)28(36)31-14-13-27(34)35/h2,5-12,15-16,18H,1,3-4,13-14,17H2,(H,31,36)(H,34,35). The molecular weight excluding hydrogens is 506 g/mol. The molecule has 0 unspecified atom stereocenters. The van der Waals surface area contributed by atoms with Crippen LogP contribution in [0.5, 0.6) is 0 Å². The number of anilines is 2. The van der Waals surface area contributed by atoms with Gasteiger partial charge in [-0.1, -0.05) is 41.9 Å². The number of nitrogens with zero attached hydrogens (tertiary/aromatic N) is 2. The lowest BCUT2D eigenvalue weighted by atomic mass is 10.1. The van der Waals surface area contributed by atoms with E-state index in [9.17, 15) is 9.59 Å². The fourth-order valence-corrected chi connectivity index (χ4v) is 5.54. The molecule has 5 rings (SSSR count). The van der Waals surface area contributed by atoms with Crippen LogP contribution in [0, 0.1) is 0 Å². The van der Waals surface area contributed by atoms with E-state index in [0.29, 0.717) is 17.1 Å². The Morgan fingerprint density at radius 3 is 2.62 bits per heavy atom. The number of aromatic nitrogens is 1. The molecule has 1 aliphatic carbocycles. The van der Waals surface area contributed by atoms with Crippen molar-refractivity contribution in [2.24, 2.45) is 0 Å². The molecule has 1 aliphatic rings. The fourth-order valence-electron chi connectivity index (χ4n) is 4.49. The number of thiazole rings is 1. The van der Waals surface area contributed by atoms with Crippen molar-refractivity contribution < 1.29 is 14.7 Å². The van der Waals surface area contributed by atoms with Crippen molar-refractivity contribution in [2.45, 2.75) is 32.2 Å². The number of fused-ring (bicyclic) bond motifs is 1. The van der Waals surface area contributed by atoms with Crippen LogP contribution in [-0.4, -0.2) is 28.5 Å². The zero-order chi connectivity index (χ0) is 25.8. The number of benzene rings is 3. The molecular formula is C29H26ClN3O3S. The fraction of sp³-hybridized carbons (Fsp3) is 0.207. The smallest absolute Gasteiger partial charge is 0.305 e. The first-order valence-electron chi connectivity index (χ1n) is 12.2. The van der Waals surface area contributed by atoms with E-state index in [1.54, 1.807) is 23.5 Å². The van der Waals surface area contributed by atoms with E-state index >= 15 is 0 Å². The van der Waals surface area contributed by atoms with E-state index in [1.165, 1.54) is 17.5 Å². The molecule has 0 saturated carbocycles. The lowest BCUT2D eigenvalue weighted by molar-refractivity contribution is -0.136. The molecule has 0 spiro atoms. The van der Waals surface area contributed by atoms with Gasteiger partial charge < -0.3 is 15.3 Å². The van der Waals surface area contributed by atoms with Crippen molar-refractivity contribution in [3.8, 4) is 11.3 Å². The number of hydrogen-bond acceptors (Lipinski definition) is 5. The number of hydrogen-bond donors (Lipinski definition) is 2. The quantitative estimate of drug-likeness (QED) is 0.258. The van der Waals surface area contributed by atoms with E-state index < -0.39 is 5.97 Å². The second-order valence-electron chi connectivity index (χ2n) is 9.01. The molecule has 6 nitrogen and oxygen atoms in total. The number of carboxylic acid groups (broad SMARTS) is 1. The van der Waals surface area contributed by atoms with Crippen molar-refractivity contribution in [2.75, 3.05) is 11.4 Å². The van der Waals surface area contributed by atoms with Gasteiger partial charge in [-0.25, -0.2) is 4.98 Å². The van der Waals surface area contributed by atoms with E-state index in [4.69, 9.17) is 21.7 Å². The maximum absolute atomic E-state index is 12.3. The summed E-state index contributed by atoms with van der Waals surface area (Å²) in [7, 11) is 0. The van der Waals surface area contributed by atoms with Gasteiger partial charge in [0.15, 0.2) is 5.13 Å². The molecule has 188 valence electrons. The molecule has 4 aromatic rings. The number of rotatable bonds is 9. The summed E-state index contributed by atoms with van der Waals surface area (Å²) in [6.07, 6.45) is 3.30. The molecule has 1 aromatic heterocycles. The third-order valence-electron chi connectivity index (χ3n) is 6.42. The topological polar surface area (TPSA) is 82.5 Å². The maximum atomic E-state index is 12.3. The van der Waals surface area contributed by atoms with Crippen LogP contribution in [0.2, 0.25) is 5.02 Å². The molecule has 8 heteroatoms. The largest absolute Gasteiger partial charge is 0.481 e. The highest BCUT2D eigenvalue weighted by Gasteiger charge is 2.19. The number of nitrogens with one attached hydrogen (secondary N) is 1. The summed E-state index contributed by atoms with van der Waals surface area (Å²) >= 11 is 7.79. The monoisotopic (exact) mass is 531 g/mol. The highest BCUT2D eigenvalue weighted by Crippen LogP contribution is 2.36. The summed E-state index contributed by atoms with van der Waals surface area (Å²) in [6.45, 7) is 0.684. The summed E-state index contributed by atoms with van der Waals surface area (Å²) < 4.78 is 0. The number of aliphatic carboxylic acids is 1. The van der Waals surface area contributed by atoms with Crippen molar-refractivity contribution in [1.29, 1.82) is 0 Å². The molecule has 3 aromatic carbocycles. The average molecular weight is 532 g/mol. The van der Waals surface area contributed by atoms with Gasteiger partial charge in [0.2, 0.25) is 0 Å². The van der Waals surface area contributed by atoms with Crippen LogP contribution in [0.1, 0.15) is 39.9 Å². The van der Waals surface area contributed by atoms with Gasteiger partial charge in [0, 0.05) is 33.8 Å². The Balaban J connectivity index is 1.40. The lowest BCUT2D eigenvalue weighted by Crippen LogP contribution is -2.26. The lowest BCUT2D eigenvalue weighted by Gasteiger charge is -2.23. The first-order chi connectivity index (χ1) is 18.0. The van der Waals surface area contributed by atoms with Gasteiger partial charge in [-0.05, 0) is 72.4 Å². The summed E-state index contributed by atoms with van der Waals surface area (Å²) in [5.41, 5.74) is 7.27. The van der Waals surface area contributed by atoms with Gasteiger partial charge in [-0.3, -0.25) is 9.59 Å². The van der Waals surface area contributed by atoms with Gasteiger partial charge in [0.1, 0.15) is 0 Å². The Morgan fingerprint density at radius 1 is 1.03 bits per heavy atom. The SMILES string of the molecule is O=C(O)CCNC(=O)c1ccc(CN(c2ccc3c(c2)CCC3)c2nc(-c3cccc(Cl)c3)cs2)cc1. The molecule has 0 fully saturated rings. The summed E-state index contributed by atoms with van der Waals surface area (Å²) in [5.74, 6) is -1.22. The Hall–Kier alpha value is -3.68. The van der Waals surface area contributed by atoms with Gasteiger partial charge in [-0.15, -0.1) is 11.3 Å². The first kappa shape index (κ1) is 25.0. The number of amides is 1. The highest BCUT2D eigenvalue weighted by atomic mass is 35.5. The summed E-state index contributed by atoms with van der Waals surface area (Å²) in [4.78, 5) is 30.2. The zero-order valence-electron chi connectivity index (χ0n) is 20.1. The predicted molar refractivity (Wildman–Crippen MR) is 148 cm³/mol. The Bertz CT molecular complexity index is 1430. The van der Waals surface area contributed by atoms with Crippen molar-refractivity contribution >= 4 is 45.6 Å². The number of carboxylic acids is 1. The van der Waals surface area contributed by atoms with E-state index in [1.807, 2.05) is 41.8 Å². The molecule has 0 saturated heterocycles. The predicted octanol–water partition coefficient (Wildman–Crippen LogP) is 6.50. The maximum Gasteiger partial charge on any atom is 0.305 e. The highest BCUT2D eigenvalue weighted by molar-refractivity contribution is 7.14. The van der Waals surface area contributed by atoms with Crippen LogP contribution in [-0.2, 0) is 24.2 Å². The molecule has 1 heterocycles. The van der Waals surface area contributed by atoms with Crippen molar-refractivity contribution in [3.63, 3.8) is 0 Å². The van der Waals surface area contributed by atoms with Crippen LogP contribution < -0.4 is 10.2 Å². The van der Waals surface area contributed by atoms with Gasteiger partial charge in [-0.2, -0.15) is 0 Å². The van der Waals surface area contributed by atoms with Gasteiger partial charge in [0.05, 0.1) is 18.7 Å². The minimum atomic E-state index is -0.942. The number of halogens is 1. The minimum Gasteiger partial charge on any atom is -0.481 e. The van der Waals surface area contributed by atoms with Crippen LogP contribution >= 0.6 is 22.9 Å². The van der Waals surface area contributed by atoms with Crippen LogP contribution in [0.25, 0.3) is 11.3 Å². The van der Waals surface area contributed by atoms with Crippen molar-refractivity contribution in [3.05, 3.63) is 99.4 Å². The molecule has 0 bridgehead atoms. The van der Waals surface area contributed by atoms with Crippen LogP contribution in [0.15, 0.2) is 72.1 Å². The molecule has 0 radical (unpaired) electrons. The Labute approximate surface area is 224 Å². The molecule has 1 amide bonds. The number of carbonyl (C=O) groups is 2. The third kappa shape index (κ3) is 6.01. The second-order valence-corrected chi connectivity index (χ2v) is 10.3. The molecule has 37 heavy (non-hydrogen) atoms. The third-order valence-corrected chi connectivity index (χ3v) is 7.52. The molecule has 0 aliphatic heterocycles. The van der Waals surface area contributed by atoms with E-state index in [2.05, 4.69) is 28.4 Å². The number of aryl methyl sites for hydroxylation is 2. The molecule has 2 N–H and O–H groups in total. The summed E-state index contributed by atoms with van der Waals surface area (Å²) in [6, 6.07) is 21.8. The molecule has 0 atom stereocenters. The van der Waals surface area contributed by atoms with E-state index in [-0.39, 0.29) is 18.9 Å². The van der Waals surface area contributed by atoms with E-state index in [0.717, 1.165) is 40.5 Å². The minimum absolute atomic E-state index is 0.0982. The van der Waals surface area contributed by atoms with Gasteiger partial charge in [0.25, 0.3) is 5.91 Å². The van der Waals surface area contributed by atoms with Crippen LogP contribution in [0.4, 0.5) is 10.8 Å². The Kier molecular flexibility index (Phi) is 7.53. The van der Waals surface area contributed by atoms with Crippen molar-refractivity contribution in [1.82, 2.24) is 10.3 Å². The Morgan fingerprint density at radius 2 is 1.84 bits per heavy atom. The zero-order valence-corrected chi connectivity index (χ0v) is 21.7. The average Bonchev–Trinajstić information content (AvgIpc) is 3.57. The summed E-state index contributed by atoms with van der Waals surface area (Å²) in [5, 5.41) is 15.0. The number of carbonyl (C=O) groups excluding carboxylic acids is 1.